The normalized spacial score (nSPS) is 22.7. The number of amides is 2. The van der Waals surface area contributed by atoms with Crippen LogP contribution >= 0.6 is 0 Å². The Morgan fingerprint density at radius 1 is 1.26 bits per heavy atom. The fourth-order valence-electron chi connectivity index (χ4n) is 5.34. The molecule has 2 amide bonds. The van der Waals surface area contributed by atoms with Crippen molar-refractivity contribution in [1.82, 2.24) is 9.80 Å². The molecule has 1 spiro atoms. The minimum absolute atomic E-state index is 0.0490. The maximum Gasteiger partial charge on any atom is 0.255 e. The molecule has 1 atom stereocenters. The van der Waals surface area contributed by atoms with Gasteiger partial charge in [0.15, 0.2) is 0 Å². The van der Waals surface area contributed by atoms with Gasteiger partial charge in [0.2, 0.25) is 5.91 Å². The third-order valence-electron chi connectivity index (χ3n) is 6.97. The Hall–Kier alpha value is -2.12. The highest BCUT2D eigenvalue weighted by molar-refractivity contribution is 6.00. The summed E-state index contributed by atoms with van der Waals surface area (Å²) in [6.07, 6.45) is 4.77. The van der Waals surface area contributed by atoms with E-state index in [1.165, 1.54) is 5.56 Å². The number of likely N-dealkylation sites (tertiary alicyclic amines) is 2. The van der Waals surface area contributed by atoms with E-state index in [0.717, 1.165) is 49.9 Å². The number of ether oxygens (including phenoxy) is 1. The van der Waals surface area contributed by atoms with E-state index in [1.54, 1.807) is 4.90 Å². The maximum absolute atomic E-state index is 13.3. The lowest BCUT2D eigenvalue weighted by Crippen LogP contribution is -2.56. The molecular formula is C24H35N3O4. The topological polar surface area (TPSA) is 82.1 Å². The van der Waals surface area contributed by atoms with Crippen LogP contribution in [0.5, 0.6) is 0 Å². The third kappa shape index (κ3) is 4.88. The Morgan fingerprint density at radius 3 is 2.84 bits per heavy atom. The van der Waals surface area contributed by atoms with Gasteiger partial charge >= 0.3 is 0 Å². The summed E-state index contributed by atoms with van der Waals surface area (Å²) in [5, 5.41) is 13.9. The van der Waals surface area contributed by atoms with Gasteiger partial charge in [-0.05, 0) is 55.6 Å². The van der Waals surface area contributed by atoms with Crippen molar-refractivity contribution >= 4 is 17.5 Å². The molecule has 3 aliphatic heterocycles. The quantitative estimate of drug-likeness (QED) is 0.702. The van der Waals surface area contributed by atoms with Crippen molar-refractivity contribution in [3.63, 3.8) is 0 Å². The lowest BCUT2D eigenvalue weighted by molar-refractivity contribution is -0.145. The first-order valence-electron chi connectivity index (χ1n) is 11.7. The van der Waals surface area contributed by atoms with Gasteiger partial charge in [-0.1, -0.05) is 19.1 Å². The number of hydrogen-bond acceptors (Lipinski definition) is 5. The predicted molar refractivity (Wildman–Crippen MR) is 119 cm³/mol. The highest BCUT2D eigenvalue weighted by atomic mass is 16.5. The largest absolute Gasteiger partial charge is 0.391 e. The molecule has 7 nitrogen and oxygen atoms in total. The summed E-state index contributed by atoms with van der Waals surface area (Å²) in [5.74, 6) is 0.0328. The SMILES string of the molecule is CCCOCC(=O)N1CC(O)CC2(CCN(C(=O)c3cccc4c3NCCC4)CC2)C1. The van der Waals surface area contributed by atoms with Gasteiger partial charge < -0.3 is 25.0 Å². The van der Waals surface area contributed by atoms with Crippen LogP contribution < -0.4 is 5.32 Å². The fourth-order valence-corrected chi connectivity index (χ4v) is 5.34. The van der Waals surface area contributed by atoms with Crippen LogP contribution in [0.15, 0.2) is 18.2 Å². The lowest BCUT2D eigenvalue weighted by Gasteiger charge is -2.49. The van der Waals surface area contributed by atoms with Gasteiger partial charge in [0, 0.05) is 39.3 Å². The van der Waals surface area contributed by atoms with Crippen molar-refractivity contribution in [2.75, 3.05) is 51.3 Å². The Kier molecular flexibility index (Phi) is 6.82. The molecule has 0 saturated carbocycles. The molecule has 2 saturated heterocycles. The summed E-state index contributed by atoms with van der Waals surface area (Å²) in [6, 6.07) is 6.00. The van der Waals surface area contributed by atoms with Crippen LogP contribution in [-0.4, -0.2) is 78.8 Å². The summed E-state index contributed by atoms with van der Waals surface area (Å²) in [4.78, 5) is 29.5. The van der Waals surface area contributed by atoms with E-state index in [9.17, 15) is 14.7 Å². The number of carbonyl (C=O) groups is 2. The van der Waals surface area contributed by atoms with E-state index in [4.69, 9.17) is 4.74 Å². The van der Waals surface area contributed by atoms with Crippen LogP contribution in [0, 0.1) is 5.41 Å². The fraction of sp³-hybridized carbons (Fsp3) is 0.667. The van der Waals surface area contributed by atoms with E-state index in [2.05, 4.69) is 11.4 Å². The number of piperidine rings is 2. The van der Waals surface area contributed by atoms with E-state index < -0.39 is 6.10 Å². The number of benzene rings is 1. The molecule has 0 radical (unpaired) electrons. The second-order valence-electron chi connectivity index (χ2n) is 9.35. The van der Waals surface area contributed by atoms with Crippen LogP contribution in [0.2, 0.25) is 0 Å². The summed E-state index contributed by atoms with van der Waals surface area (Å²) >= 11 is 0. The molecule has 2 fully saturated rings. The van der Waals surface area contributed by atoms with Crippen LogP contribution in [0.25, 0.3) is 0 Å². The first-order valence-corrected chi connectivity index (χ1v) is 11.7. The number of β-amino-alcohol motifs (C(OH)–C–C–N with tert-alkyl or cyclic N) is 1. The standard InChI is InChI=1S/C24H35N3O4/c1-2-13-31-16-21(29)27-15-19(28)14-24(17-27)8-11-26(12-9-24)23(30)20-7-3-5-18-6-4-10-25-22(18)20/h3,5,7,19,25,28H,2,4,6,8-17H2,1H3. The van der Waals surface area contributed by atoms with Gasteiger partial charge in [-0.25, -0.2) is 0 Å². The Balaban J connectivity index is 1.39. The van der Waals surface area contributed by atoms with Gasteiger partial charge in [-0.3, -0.25) is 9.59 Å². The molecule has 0 bridgehead atoms. The molecule has 4 rings (SSSR count). The zero-order chi connectivity index (χ0) is 21.8. The molecule has 3 heterocycles. The third-order valence-corrected chi connectivity index (χ3v) is 6.97. The zero-order valence-electron chi connectivity index (χ0n) is 18.6. The summed E-state index contributed by atoms with van der Waals surface area (Å²) in [6.45, 7) is 5.90. The lowest BCUT2D eigenvalue weighted by atomic mass is 9.71. The van der Waals surface area contributed by atoms with Crippen LogP contribution in [0.1, 0.15) is 54.9 Å². The number of nitrogens with one attached hydrogen (secondary N) is 1. The van der Waals surface area contributed by atoms with Gasteiger partial charge in [-0.15, -0.1) is 0 Å². The Morgan fingerprint density at radius 2 is 2.06 bits per heavy atom. The first-order chi connectivity index (χ1) is 15.0. The summed E-state index contributed by atoms with van der Waals surface area (Å²) in [7, 11) is 0. The number of anilines is 1. The molecule has 2 N–H and O–H groups in total. The number of aliphatic hydroxyl groups is 1. The van der Waals surface area contributed by atoms with Gasteiger partial charge in [-0.2, -0.15) is 0 Å². The zero-order valence-corrected chi connectivity index (χ0v) is 18.6. The highest BCUT2D eigenvalue weighted by Crippen LogP contribution is 2.40. The molecule has 0 aromatic heterocycles. The Labute approximate surface area is 184 Å². The number of fused-ring (bicyclic) bond motifs is 1. The van der Waals surface area contributed by atoms with E-state index in [0.29, 0.717) is 39.2 Å². The molecule has 3 aliphatic rings. The number of para-hydroxylation sites is 1. The minimum Gasteiger partial charge on any atom is -0.391 e. The van der Waals surface area contributed by atoms with Crippen molar-refractivity contribution < 1.29 is 19.4 Å². The number of aliphatic hydroxyl groups excluding tert-OH is 1. The average molecular weight is 430 g/mol. The molecule has 0 aliphatic carbocycles. The predicted octanol–water partition coefficient (Wildman–Crippen LogP) is 2.29. The van der Waals surface area contributed by atoms with Gasteiger partial charge in [0.05, 0.1) is 17.4 Å². The van der Waals surface area contributed by atoms with Crippen LogP contribution in [0.4, 0.5) is 5.69 Å². The number of nitrogens with zero attached hydrogens (tertiary/aromatic N) is 2. The van der Waals surface area contributed by atoms with E-state index in [1.807, 2.05) is 24.0 Å². The second-order valence-corrected chi connectivity index (χ2v) is 9.35. The van der Waals surface area contributed by atoms with E-state index in [-0.39, 0.29) is 23.8 Å². The van der Waals surface area contributed by atoms with Gasteiger partial charge in [0.25, 0.3) is 5.91 Å². The molecular weight excluding hydrogens is 394 g/mol. The van der Waals surface area contributed by atoms with Crippen LogP contribution in [0.3, 0.4) is 0 Å². The molecule has 1 aromatic carbocycles. The van der Waals surface area contributed by atoms with Gasteiger partial charge in [0.1, 0.15) is 6.61 Å². The second kappa shape index (κ2) is 9.57. The number of aryl methyl sites for hydroxylation is 1. The molecule has 31 heavy (non-hydrogen) atoms. The minimum atomic E-state index is -0.517. The first kappa shape index (κ1) is 22.1. The van der Waals surface area contributed by atoms with E-state index >= 15 is 0 Å². The molecule has 170 valence electrons. The van der Waals surface area contributed by atoms with Crippen LogP contribution in [-0.2, 0) is 16.0 Å². The molecule has 1 aromatic rings. The number of rotatable bonds is 5. The maximum atomic E-state index is 13.3. The summed E-state index contributed by atoms with van der Waals surface area (Å²) in [5.41, 5.74) is 2.86. The molecule has 1 unspecified atom stereocenters. The van der Waals surface area contributed by atoms with Crippen molar-refractivity contribution in [1.29, 1.82) is 0 Å². The van der Waals surface area contributed by atoms with Crippen molar-refractivity contribution in [3.8, 4) is 0 Å². The summed E-state index contributed by atoms with van der Waals surface area (Å²) < 4.78 is 5.42. The van der Waals surface area contributed by atoms with Crippen molar-refractivity contribution in [2.24, 2.45) is 5.41 Å². The number of hydrogen-bond donors (Lipinski definition) is 2. The van der Waals surface area contributed by atoms with Crippen molar-refractivity contribution in [2.45, 2.75) is 51.6 Å². The highest BCUT2D eigenvalue weighted by Gasteiger charge is 2.43. The average Bonchev–Trinajstić information content (AvgIpc) is 2.78. The smallest absolute Gasteiger partial charge is 0.255 e. The molecule has 7 heteroatoms. The van der Waals surface area contributed by atoms with Crippen molar-refractivity contribution in [3.05, 3.63) is 29.3 Å². The monoisotopic (exact) mass is 429 g/mol. The number of carbonyl (C=O) groups excluding carboxylic acids is 2. The Bertz CT molecular complexity index is 804.